The first-order valence-corrected chi connectivity index (χ1v) is 10.3. The molecule has 0 saturated carbocycles. The van der Waals surface area contributed by atoms with Gasteiger partial charge in [0.25, 0.3) is 0 Å². The third-order valence-corrected chi connectivity index (χ3v) is 6.48. The van der Waals surface area contributed by atoms with Gasteiger partial charge in [0.05, 0.1) is 17.0 Å². The van der Waals surface area contributed by atoms with E-state index in [1.54, 1.807) is 30.5 Å². The zero-order chi connectivity index (χ0) is 22.9. The van der Waals surface area contributed by atoms with E-state index in [-0.39, 0.29) is 19.4 Å². The molecule has 1 aromatic carbocycles. The zero-order valence-corrected chi connectivity index (χ0v) is 18.0. The Morgan fingerprint density at radius 3 is 2.42 bits per heavy atom. The van der Waals surface area contributed by atoms with Crippen LogP contribution in [-0.2, 0) is 16.8 Å². The van der Waals surface area contributed by atoms with E-state index in [2.05, 4.69) is 4.98 Å². The second-order valence-corrected chi connectivity index (χ2v) is 8.83. The Labute approximate surface area is 180 Å². The normalized spacial score (nSPS) is 19.9. The molecule has 164 valence electrons. The zero-order valence-electron chi connectivity index (χ0n) is 18.0. The standard InChI is InChI=1S/C24H26F3N3O/c1-17-4-9-20(15-29-17)22(2,3)30-13-12-23(16-30,21(31)24(25,26)27)11-10-18-5-7-19(14-28)8-6-18/h4-9,15H,10-13,16H2,1-3H3/t23-/m1/s1. The number of pyridine rings is 1. The summed E-state index contributed by atoms with van der Waals surface area (Å²) in [5, 5.41) is 8.92. The third kappa shape index (κ3) is 4.80. The Hall–Kier alpha value is -2.72. The van der Waals surface area contributed by atoms with Crippen LogP contribution in [-0.4, -0.2) is 34.9 Å². The number of rotatable bonds is 6. The highest BCUT2D eigenvalue weighted by atomic mass is 19.4. The summed E-state index contributed by atoms with van der Waals surface area (Å²) in [6, 6.07) is 12.6. The Bertz CT molecular complexity index is 975. The van der Waals surface area contributed by atoms with Gasteiger partial charge in [-0.2, -0.15) is 18.4 Å². The molecular formula is C24H26F3N3O. The molecule has 2 heterocycles. The van der Waals surface area contributed by atoms with E-state index < -0.39 is 22.9 Å². The molecule has 1 aromatic heterocycles. The molecule has 0 bridgehead atoms. The van der Waals surface area contributed by atoms with Crippen molar-refractivity contribution in [2.45, 2.75) is 51.7 Å². The van der Waals surface area contributed by atoms with Crippen molar-refractivity contribution in [3.8, 4) is 6.07 Å². The van der Waals surface area contributed by atoms with Crippen molar-refractivity contribution in [2.24, 2.45) is 5.41 Å². The highest BCUT2D eigenvalue weighted by Crippen LogP contribution is 2.45. The maximum Gasteiger partial charge on any atom is 0.450 e. The average Bonchev–Trinajstić information content (AvgIpc) is 3.18. The van der Waals surface area contributed by atoms with E-state index in [0.717, 1.165) is 16.8 Å². The van der Waals surface area contributed by atoms with E-state index in [1.165, 1.54) is 0 Å². The summed E-state index contributed by atoms with van der Waals surface area (Å²) in [5.74, 6) is -1.64. The Kier molecular flexibility index (Phi) is 6.24. The van der Waals surface area contributed by atoms with Crippen LogP contribution >= 0.6 is 0 Å². The maximum atomic E-state index is 13.5. The molecule has 1 aliphatic heterocycles. The number of aromatic nitrogens is 1. The lowest BCUT2D eigenvalue weighted by Gasteiger charge is -2.38. The molecule has 0 N–H and O–H groups in total. The number of nitriles is 1. The molecule has 3 rings (SSSR count). The van der Waals surface area contributed by atoms with Crippen LogP contribution < -0.4 is 0 Å². The Morgan fingerprint density at radius 2 is 1.87 bits per heavy atom. The van der Waals surface area contributed by atoms with Gasteiger partial charge in [0.15, 0.2) is 0 Å². The lowest BCUT2D eigenvalue weighted by molar-refractivity contribution is -0.182. The molecule has 0 aliphatic carbocycles. The number of hydrogen-bond donors (Lipinski definition) is 0. The highest BCUT2D eigenvalue weighted by Gasteiger charge is 2.56. The molecule has 2 aromatic rings. The maximum absolute atomic E-state index is 13.5. The number of benzene rings is 1. The third-order valence-electron chi connectivity index (χ3n) is 6.48. The van der Waals surface area contributed by atoms with Crippen LogP contribution in [0.3, 0.4) is 0 Å². The summed E-state index contributed by atoms with van der Waals surface area (Å²) in [6.45, 7) is 6.23. The number of hydrogen-bond acceptors (Lipinski definition) is 4. The number of likely N-dealkylation sites (tertiary alicyclic amines) is 1. The van der Waals surface area contributed by atoms with Crippen molar-refractivity contribution in [2.75, 3.05) is 13.1 Å². The molecule has 7 heteroatoms. The first-order valence-electron chi connectivity index (χ1n) is 10.3. The molecule has 31 heavy (non-hydrogen) atoms. The van der Waals surface area contributed by atoms with Gasteiger partial charge in [-0.05, 0) is 69.4 Å². The summed E-state index contributed by atoms with van der Waals surface area (Å²) < 4.78 is 40.6. The number of halogens is 3. The number of ketones is 1. The highest BCUT2D eigenvalue weighted by molar-refractivity contribution is 5.90. The van der Waals surface area contributed by atoms with Crippen molar-refractivity contribution in [3.63, 3.8) is 0 Å². The number of nitrogens with zero attached hydrogens (tertiary/aromatic N) is 3. The summed E-state index contributed by atoms with van der Waals surface area (Å²) in [6.07, 6.45) is -2.53. The van der Waals surface area contributed by atoms with Gasteiger partial charge in [-0.15, -0.1) is 0 Å². The van der Waals surface area contributed by atoms with Crippen LogP contribution in [0.5, 0.6) is 0 Å². The summed E-state index contributed by atoms with van der Waals surface area (Å²) >= 11 is 0. The molecule has 4 nitrogen and oxygen atoms in total. The molecule has 0 amide bonds. The van der Waals surface area contributed by atoms with E-state index in [1.807, 2.05) is 43.9 Å². The minimum absolute atomic E-state index is 0.0441. The van der Waals surface area contributed by atoms with Crippen LogP contribution in [0.25, 0.3) is 0 Å². The fourth-order valence-corrected chi connectivity index (χ4v) is 4.30. The molecule has 0 spiro atoms. The Balaban J connectivity index is 1.85. The number of carbonyl (C=O) groups excluding carboxylic acids is 1. The summed E-state index contributed by atoms with van der Waals surface area (Å²) in [4.78, 5) is 18.8. The van der Waals surface area contributed by atoms with Crippen molar-refractivity contribution in [3.05, 3.63) is 65.0 Å². The van der Waals surface area contributed by atoms with Crippen LogP contribution in [0, 0.1) is 23.7 Å². The van der Waals surface area contributed by atoms with Crippen molar-refractivity contribution >= 4 is 5.78 Å². The first-order chi connectivity index (χ1) is 14.5. The van der Waals surface area contributed by atoms with Gasteiger partial charge in [0.2, 0.25) is 5.78 Å². The Morgan fingerprint density at radius 1 is 1.19 bits per heavy atom. The topological polar surface area (TPSA) is 57.0 Å². The number of alkyl halides is 3. The van der Waals surface area contributed by atoms with Crippen molar-refractivity contribution in [1.82, 2.24) is 9.88 Å². The van der Waals surface area contributed by atoms with E-state index in [0.29, 0.717) is 18.5 Å². The number of carbonyl (C=O) groups is 1. The lowest BCUT2D eigenvalue weighted by Crippen LogP contribution is -2.46. The summed E-state index contributed by atoms with van der Waals surface area (Å²) in [5.41, 5.74) is 1.04. The molecule has 1 saturated heterocycles. The molecule has 0 unspecified atom stereocenters. The molecule has 1 aliphatic rings. The first kappa shape index (κ1) is 23.0. The SMILES string of the molecule is Cc1ccc(C(C)(C)N2CC[C@@](CCc3ccc(C#N)cc3)(C(=O)C(F)(F)F)C2)cn1. The van der Waals surface area contributed by atoms with Gasteiger partial charge in [-0.3, -0.25) is 14.7 Å². The van der Waals surface area contributed by atoms with Gasteiger partial charge in [0.1, 0.15) is 0 Å². The van der Waals surface area contributed by atoms with E-state index in [9.17, 15) is 18.0 Å². The lowest BCUT2D eigenvalue weighted by atomic mass is 9.77. The fraction of sp³-hybridized carbons (Fsp3) is 0.458. The second kappa shape index (κ2) is 8.43. The van der Waals surface area contributed by atoms with Crippen molar-refractivity contribution < 1.29 is 18.0 Å². The monoisotopic (exact) mass is 429 g/mol. The molecular weight excluding hydrogens is 403 g/mol. The molecule has 1 atom stereocenters. The van der Waals surface area contributed by atoms with Crippen LogP contribution in [0.1, 0.15) is 49.1 Å². The van der Waals surface area contributed by atoms with Crippen LogP contribution in [0.15, 0.2) is 42.6 Å². The smallest absolute Gasteiger partial charge is 0.293 e. The van der Waals surface area contributed by atoms with E-state index in [4.69, 9.17) is 5.26 Å². The van der Waals surface area contributed by atoms with Crippen molar-refractivity contribution in [1.29, 1.82) is 5.26 Å². The second-order valence-electron chi connectivity index (χ2n) is 8.83. The number of aryl methyl sites for hydroxylation is 2. The number of Topliss-reactive ketones (excluding diaryl/α,β-unsaturated/α-hetero) is 1. The van der Waals surface area contributed by atoms with Gasteiger partial charge < -0.3 is 0 Å². The van der Waals surface area contributed by atoms with Gasteiger partial charge in [-0.25, -0.2) is 0 Å². The van der Waals surface area contributed by atoms with Crippen LogP contribution in [0.2, 0.25) is 0 Å². The van der Waals surface area contributed by atoms with E-state index >= 15 is 0 Å². The average molecular weight is 429 g/mol. The quantitative estimate of drug-likeness (QED) is 0.652. The van der Waals surface area contributed by atoms with Gasteiger partial charge in [0, 0.05) is 30.5 Å². The predicted octanol–water partition coefficient (Wildman–Crippen LogP) is 4.95. The van der Waals surface area contributed by atoms with Gasteiger partial charge in [-0.1, -0.05) is 18.2 Å². The fourth-order valence-electron chi connectivity index (χ4n) is 4.30. The van der Waals surface area contributed by atoms with Crippen LogP contribution in [0.4, 0.5) is 13.2 Å². The molecule has 1 fully saturated rings. The summed E-state index contributed by atoms with van der Waals surface area (Å²) in [7, 11) is 0. The van der Waals surface area contributed by atoms with Gasteiger partial charge >= 0.3 is 6.18 Å². The minimum atomic E-state index is -4.88. The molecule has 0 radical (unpaired) electrons. The minimum Gasteiger partial charge on any atom is -0.293 e. The predicted molar refractivity (Wildman–Crippen MR) is 111 cm³/mol. The largest absolute Gasteiger partial charge is 0.450 e.